The summed E-state index contributed by atoms with van der Waals surface area (Å²) in [6.45, 7) is 7.92. The van der Waals surface area contributed by atoms with Gasteiger partial charge >= 0.3 is 12.3 Å². The maximum atomic E-state index is 14.4. The predicted octanol–water partition coefficient (Wildman–Crippen LogP) is 6.46. The minimum Gasteiger partial charge on any atom is -0.444 e. The van der Waals surface area contributed by atoms with Gasteiger partial charge in [0.1, 0.15) is 5.60 Å². The van der Waals surface area contributed by atoms with Crippen LogP contribution in [-0.2, 0) is 38.6 Å². The summed E-state index contributed by atoms with van der Waals surface area (Å²) < 4.78 is 73.6. The number of carbonyl (C=O) groups excluding carboxylic acids is 3. The third-order valence-corrected chi connectivity index (χ3v) is 11.1. The van der Waals surface area contributed by atoms with Crippen LogP contribution in [0, 0.1) is 5.92 Å². The van der Waals surface area contributed by atoms with Gasteiger partial charge in [0.25, 0.3) is 5.91 Å². The molecule has 0 spiro atoms. The fraction of sp³-hybridized carbons (Fsp3) is 0.559. The van der Waals surface area contributed by atoms with E-state index in [4.69, 9.17) is 27.9 Å². The lowest BCUT2D eigenvalue weighted by Gasteiger charge is -2.36. The number of hydrogen-bond donors (Lipinski definition) is 2. The van der Waals surface area contributed by atoms with E-state index in [1.165, 1.54) is 25.1 Å². The summed E-state index contributed by atoms with van der Waals surface area (Å²) in [7, 11) is -3.66. The highest BCUT2D eigenvalue weighted by Gasteiger charge is 2.37. The van der Waals surface area contributed by atoms with Crippen molar-refractivity contribution in [1.29, 1.82) is 0 Å². The SMILES string of the molecule is CCS(=O)(=O)c1ccc(Cl)cc1CNC(=O)c1cc(Cl)c(CN2CCC[C@H](C(=O)NC3CCN(C(=O)OC(C)(C)C)CC3)C2)c(C(F)(F)F)c1. The molecule has 0 saturated carbocycles. The Balaban J connectivity index is 1.41. The minimum absolute atomic E-state index is 0.0360. The van der Waals surface area contributed by atoms with Gasteiger partial charge in [-0.3, -0.25) is 14.5 Å². The van der Waals surface area contributed by atoms with Crippen molar-refractivity contribution >= 4 is 50.9 Å². The van der Waals surface area contributed by atoms with E-state index in [9.17, 15) is 36.0 Å². The van der Waals surface area contributed by atoms with E-state index in [-0.39, 0.29) is 69.0 Å². The van der Waals surface area contributed by atoms with Gasteiger partial charge in [0.2, 0.25) is 5.91 Å². The number of halogens is 5. The first kappa shape index (κ1) is 39.7. The highest BCUT2D eigenvalue weighted by Crippen LogP contribution is 2.37. The summed E-state index contributed by atoms with van der Waals surface area (Å²) >= 11 is 12.5. The van der Waals surface area contributed by atoms with Crippen LogP contribution in [0.5, 0.6) is 0 Å². The second-order valence-electron chi connectivity index (χ2n) is 13.6. The van der Waals surface area contributed by atoms with Crippen molar-refractivity contribution in [3.8, 4) is 0 Å². The maximum Gasteiger partial charge on any atom is 0.416 e. The molecule has 0 aliphatic carbocycles. The van der Waals surface area contributed by atoms with Crippen LogP contribution in [0.1, 0.15) is 80.4 Å². The van der Waals surface area contributed by atoms with Crippen molar-refractivity contribution in [3.63, 3.8) is 0 Å². The van der Waals surface area contributed by atoms with E-state index in [0.29, 0.717) is 45.3 Å². The molecule has 2 fully saturated rings. The number of carbonyl (C=O) groups is 3. The van der Waals surface area contributed by atoms with E-state index in [1.54, 1.807) is 30.6 Å². The van der Waals surface area contributed by atoms with Gasteiger partial charge in [-0.2, -0.15) is 13.2 Å². The summed E-state index contributed by atoms with van der Waals surface area (Å²) in [5.41, 5.74) is -2.04. The number of alkyl halides is 3. The van der Waals surface area contributed by atoms with Gasteiger partial charge in [-0.15, -0.1) is 0 Å². The van der Waals surface area contributed by atoms with Crippen LogP contribution in [0.25, 0.3) is 0 Å². The second kappa shape index (κ2) is 16.1. The normalized spacial score (nSPS) is 18.1. The Kier molecular flexibility index (Phi) is 12.8. The molecule has 2 aromatic rings. The first-order valence-electron chi connectivity index (χ1n) is 16.5. The molecule has 2 aliphatic heterocycles. The van der Waals surface area contributed by atoms with Gasteiger partial charge in [-0.25, -0.2) is 13.2 Å². The van der Waals surface area contributed by atoms with Crippen molar-refractivity contribution in [2.75, 3.05) is 31.9 Å². The monoisotopic (exact) mass is 762 g/mol. The summed E-state index contributed by atoms with van der Waals surface area (Å²) in [6, 6.07) is 5.85. The number of amides is 3. The molecule has 276 valence electrons. The standard InChI is InChI=1S/C34H43Cl2F3N4O6S/c1-5-50(47,48)29-9-8-24(35)15-23(29)18-40-30(44)22-16-27(34(37,38)39)26(28(36)17-22)20-42-12-6-7-21(19-42)31(45)41-25-10-13-43(14-11-25)32(46)49-33(2,3)4/h8-9,15-17,21,25H,5-7,10-14,18-20H2,1-4H3,(H,40,44)(H,41,45)/t21-/m0/s1. The molecule has 1 atom stereocenters. The zero-order valence-corrected chi connectivity index (χ0v) is 30.8. The number of rotatable bonds is 9. The molecule has 0 unspecified atom stereocenters. The number of benzene rings is 2. The Morgan fingerprint density at radius 1 is 1.00 bits per heavy atom. The van der Waals surface area contributed by atoms with Gasteiger partial charge in [0, 0.05) is 54.4 Å². The van der Waals surface area contributed by atoms with E-state index in [1.807, 2.05) is 0 Å². The fourth-order valence-electron chi connectivity index (χ4n) is 6.09. The molecule has 3 amide bonds. The molecule has 4 rings (SSSR count). The van der Waals surface area contributed by atoms with E-state index in [0.717, 1.165) is 12.1 Å². The van der Waals surface area contributed by atoms with Crippen LogP contribution in [0.4, 0.5) is 18.0 Å². The lowest BCUT2D eigenvalue weighted by Crippen LogP contribution is -2.50. The van der Waals surface area contributed by atoms with Gasteiger partial charge < -0.3 is 20.3 Å². The molecule has 2 aromatic carbocycles. The highest BCUT2D eigenvalue weighted by atomic mass is 35.5. The molecule has 0 radical (unpaired) electrons. The first-order chi connectivity index (χ1) is 23.3. The van der Waals surface area contributed by atoms with Crippen LogP contribution in [0.15, 0.2) is 35.2 Å². The second-order valence-corrected chi connectivity index (χ2v) is 16.7. The lowest BCUT2D eigenvalue weighted by atomic mass is 9.94. The van der Waals surface area contributed by atoms with Gasteiger partial charge in [0.15, 0.2) is 9.84 Å². The third-order valence-electron chi connectivity index (χ3n) is 8.69. The van der Waals surface area contributed by atoms with Crippen molar-refractivity contribution in [3.05, 3.63) is 62.6 Å². The van der Waals surface area contributed by atoms with Crippen molar-refractivity contribution < 1.29 is 40.7 Å². The molecule has 2 N–H and O–H groups in total. The quantitative estimate of drug-likeness (QED) is 0.301. The predicted molar refractivity (Wildman–Crippen MR) is 184 cm³/mol. The van der Waals surface area contributed by atoms with Gasteiger partial charge in [-0.05, 0) is 94.5 Å². The smallest absolute Gasteiger partial charge is 0.416 e. The average Bonchev–Trinajstić information content (AvgIpc) is 3.03. The van der Waals surface area contributed by atoms with Crippen LogP contribution >= 0.6 is 23.2 Å². The largest absolute Gasteiger partial charge is 0.444 e. The summed E-state index contributed by atoms with van der Waals surface area (Å²) in [6.07, 6.45) is -2.95. The molecule has 0 bridgehead atoms. The Hall–Kier alpha value is -3.07. The Labute approximate surface area is 300 Å². The summed E-state index contributed by atoms with van der Waals surface area (Å²) in [4.78, 5) is 42.0. The molecular weight excluding hydrogens is 720 g/mol. The lowest BCUT2D eigenvalue weighted by molar-refractivity contribution is -0.138. The molecule has 10 nitrogen and oxygen atoms in total. The van der Waals surface area contributed by atoms with Crippen molar-refractivity contribution in [1.82, 2.24) is 20.4 Å². The Morgan fingerprint density at radius 3 is 2.30 bits per heavy atom. The molecule has 2 aliphatic rings. The average molecular weight is 764 g/mol. The number of ether oxygens (including phenoxy) is 1. The molecule has 50 heavy (non-hydrogen) atoms. The fourth-order valence-corrected chi connectivity index (χ4v) is 7.68. The maximum absolute atomic E-state index is 14.4. The van der Waals surface area contributed by atoms with E-state index in [2.05, 4.69) is 10.6 Å². The highest BCUT2D eigenvalue weighted by molar-refractivity contribution is 7.91. The number of likely N-dealkylation sites (tertiary alicyclic amines) is 2. The van der Waals surface area contributed by atoms with Crippen LogP contribution in [0.2, 0.25) is 10.0 Å². The van der Waals surface area contributed by atoms with Crippen LogP contribution in [0.3, 0.4) is 0 Å². The zero-order chi connectivity index (χ0) is 37.0. The number of nitrogens with zero attached hydrogens (tertiary/aromatic N) is 2. The van der Waals surface area contributed by atoms with Gasteiger partial charge in [-0.1, -0.05) is 30.1 Å². The topological polar surface area (TPSA) is 125 Å². The van der Waals surface area contributed by atoms with E-state index < -0.39 is 45.1 Å². The zero-order valence-electron chi connectivity index (χ0n) is 28.5. The molecular formula is C34H43Cl2F3N4O6S. The Bertz CT molecular complexity index is 1690. The molecule has 2 saturated heterocycles. The number of hydrogen-bond acceptors (Lipinski definition) is 7. The third kappa shape index (κ3) is 10.5. The summed E-state index contributed by atoms with van der Waals surface area (Å²) in [5, 5.41) is 5.51. The number of nitrogens with one attached hydrogen (secondary N) is 2. The number of sulfone groups is 1. The molecule has 0 aromatic heterocycles. The van der Waals surface area contributed by atoms with Crippen molar-refractivity contribution in [2.45, 2.75) is 89.2 Å². The van der Waals surface area contributed by atoms with E-state index >= 15 is 0 Å². The van der Waals surface area contributed by atoms with Gasteiger partial charge in [0.05, 0.1) is 22.1 Å². The molecule has 2 heterocycles. The molecule has 16 heteroatoms. The van der Waals surface area contributed by atoms with Crippen LogP contribution in [-0.4, -0.2) is 79.7 Å². The first-order valence-corrected chi connectivity index (χ1v) is 18.9. The van der Waals surface area contributed by atoms with Crippen molar-refractivity contribution in [2.24, 2.45) is 5.92 Å². The Morgan fingerprint density at radius 2 is 1.68 bits per heavy atom. The summed E-state index contributed by atoms with van der Waals surface area (Å²) in [5.74, 6) is -1.70. The number of piperidine rings is 2. The minimum atomic E-state index is -4.84. The van der Waals surface area contributed by atoms with Crippen LogP contribution < -0.4 is 10.6 Å².